The van der Waals surface area contributed by atoms with E-state index in [0.29, 0.717) is 11.8 Å². The van der Waals surface area contributed by atoms with Gasteiger partial charge in [0.15, 0.2) is 0 Å². The molecule has 2 aliphatic carbocycles. The number of ether oxygens (including phenoxy) is 1. The van der Waals surface area contributed by atoms with Crippen molar-refractivity contribution in [2.45, 2.75) is 65.5 Å². The normalized spacial score (nSPS) is 29.8. The highest BCUT2D eigenvalue weighted by Gasteiger charge is 2.56. The smallest absolute Gasteiger partial charge is 0.329 e. The zero-order valence-electron chi connectivity index (χ0n) is 13.2. The molecule has 2 rings (SSSR count). The Morgan fingerprint density at radius 3 is 2.15 bits per heavy atom. The number of hydrogen-bond acceptors (Lipinski definition) is 3. The van der Waals surface area contributed by atoms with E-state index in [0.717, 1.165) is 0 Å². The first-order chi connectivity index (χ1) is 9.20. The van der Waals surface area contributed by atoms with Gasteiger partial charge in [-0.3, -0.25) is 4.79 Å². The van der Waals surface area contributed by atoms with Gasteiger partial charge in [0.1, 0.15) is 11.6 Å². The van der Waals surface area contributed by atoms with Crippen molar-refractivity contribution in [3.63, 3.8) is 0 Å². The second-order valence-electron chi connectivity index (χ2n) is 7.55. The number of carbonyl (C=O) groups is 2. The zero-order chi connectivity index (χ0) is 15.1. The molecular weight excluding hydrogens is 254 g/mol. The molecule has 4 nitrogen and oxygen atoms in total. The van der Waals surface area contributed by atoms with E-state index in [1.54, 1.807) is 0 Å². The third kappa shape index (κ3) is 3.33. The van der Waals surface area contributed by atoms with Crippen molar-refractivity contribution < 1.29 is 14.3 Å². The summed E-state index contributed by atoms with van der Waals surface area (Å²) in [6.07, 6.45) is 3.59. The summed E-state index contributed by atoms with van der Waals surface area (Å²) in [6.45, 7) is 9.39. The van der Waals surface area contributed by atoms with Crippen molar-refractivity contribution >= 4 is 11.9 Å². The number of nitrogens with one attached hydrogen (secondary N) is 1. The lowest BCUT2D eigenvalue weighted by molar-refractivity contribution is -0.160. The van der Waals surface area contributed by atoms with Crippen LogP contribution in [0.4, 0.5) is 0 Å². The fourth-order valence-corrected chi connectivity index (χ4v) is 3.32. The standard InChI is InChI=1S/C16H27NO3/c1-9(2)13(15(19)20-16(3,4)5)17-14(18)12-10-7-6-8-11(10)12/h9-13H,6-8H2,1-5H3,(H,17,18)/t10?,11?,12?,13-/m0/s1. The van der Waals surface area contributed by atoms with Crippen molar-refractivity contribution in [1.82, 2.24) is 5.32 Å². The highest BCUT2D eigenvalue weighted by molar-refractivity contribution is 5.88. The van der Waals surface area contributed by atoms with E-state index in [-0.39, 0.29) is 23.7 Å². The molecule has 0 aromatic rings. The maximum atomic E-state index is 12.3. The van der Waals surface area contributed by atoms with Crippen LogP contribution in [0.5, 0.6) is 0 Å². The van der Waals surface area contributed by atoms with E-state index in [2.05, 4.69) is 5.32 Å². The molecule has 0 aliphatic heterocycles. The Labute approximate surface area is 121 Å². The molecule has 0 aromatic heterocycles. The van der Waals surface area contributed by atoms with Gasteiger partial charge in [0.25, 0.3) is 0 Å². The number of esters is 1. The Hall–Kier alpha value is -1.06. The first-order valence-electron chi connectivity index (χ1n) is 7.74. The van der Waals surface area contributed by atoms with E-state index in [1.165, 1.54) is 19.3 Å². The van der Waals surface area contributed by atoms with Gasteiger partial charge in [-0.25, -0.2) is 4.79 Å². The Morgan fingerprint density at radius 2 is 1.70 bits per heavy atom. The summed E-state index contributed by atoms with van der Waals surface area (Å²) in [7, 11) is 0. The third-order valence-corrected chi connectivity index (χ3v) is 4.33. The molecule has 0 heterocycles. The number of fused-ring (bicyclic) bond motifs is 1. The van der Waals surface area contributed by atoms with Crippen LogP contribution in [0.15, 0.2) is 0 Å². The molecule has 0 radical (unpaired) electrons. The Bertz CT molecular complexity index is 387. The zero-order valence-corrected chi connectivity index (χ0v) is 13.2. The first-order valence-corrected chi connectivity index (χ1v) is 7.74. The van der Waals surface area contributed by atoms with E-state index in [4.69, 9.17) is 4.74 Å². The molecule has 4 heteroatoms. The fourth-order valence-electron chi connectivity index (χ4n) is 3.32. The quantitative estimate of drug-likeness (QED) is 0.806. The summed E-state index contributed by atoms with van der Waals surface area (Å²) in [5.74, 6) is 1.04. The van der Waals surface area contributed by atoms with Crippen LogP contribution in [-0.2, 0) is 14.3 Å². The predicted octanol–water partition coefficient (Wildman–Crippen LogP) is 2.52. The number of carbonyl (C=O) groups excluding carboxylic acids is 2. The molecule has 20 heavy (non-hydrogen) atoms. The first kappa shape index (κ1) is 15.3. The van der Waals surface area contributed by atoms with Crippen molar-refractivity contribution in [3.8, 4) is 0 Å². The minimum absolute atomic E-state index is 0.0346. The fraction of sp³-hybridized carbons (Fsp3) is 0.875. The van der Waals surface area contributed by atoms with Crippen LogP contribution >= 0.6 is 0 Å². The maximum Gasteiger partial charge on any atom is 0.329 e. The second kappa shape index (κ2) is 5.38. The molecule has 2 unspecified atom stereocenters. The van der Waals surface area contributed by atoms with Gasteiger partial charge in [0, 0.05) is 5.92 Å². The van der Waals surface area contributed by atoms with Gasteiger partial charge in [0.05, 0.1) is 0 Å². The lowest BCUT2D eigenvalue weighted by atomic mass is 10.0. The minimum Gasteiger partial charge on any atom is -0.458 e. The largest absolute Gasteiger partial charge is 0.458 e. The predicted molar refractivity (Wildman–Crippen MR) is 76.9 cm³/mol. The van der Waals surface area contributed by atoms with E-state index in [1.807, 2.05) is 34.6 Å². The molecule has 0 saturated heterocycles. The summed E-state index contributed by atoms with van der Waals surface area (Å²) in [6, 6.07) is -0.539. The topological polar surface area (TPSA) is 55.4 Å². The molecule has 2 aliphatic rings. The van der Waals surface area contributed by atoms with Gasteiger partial charge in [0.2, 0.25) is 5.91 Å². The van der Waals surface area contributed by atoms with Crippen molar-refractivity contribution in [2.75, 3.05) is 0 Å². The van der Waals surface area contributed by atoms with Crippen LogP contribution in [-0.4, -0.2) is 23.5 Å². The van der Waals surface area contributed by atoms with E-state index >= 15 is 0 Å². The van der Waals surface area contributed by atoms with Crippen molar-refractivity contribution in [3.05, 3.63) is 0 Å². The van der Waals surface area contributed by atoms with Crippen LogP contribution < -0.4 is 5.32 Å². The van der Waals surface area contributed by atoms with Gasteiger partial charge in [-0.1, -0.05) is 20.3 Å². The SMILES string of the molecule is CC(C)[C@H](NC(=O)C1C2CCCC21)C(=O)OC(C)(C)C. The van der Waals surface area contributed by atoms with Crippen LogP contribution in [0.3, 0.4) is 0 Å². The molecule has 0 bridgehead atoms. The minimum atomic E-state index is -0.539. The average Bonchev–Trinajstić information content (AvgIpc) is 2.76. The van der Waals surface area contributed by atoms with Crippen LogP contribution in [0, 0.1) is 23.7 Å². The molecule has 1 N–H and O–H groups in total. The third-order valence-electron chi connectivity index (χ3n) is 4.33. The molecule has 2 fully saturated rings. The molecule has 0 aromatic carbocycles. The molecule has 1 amide bonds. The van der Waals surface area contributed by atoms with Gasteiger partial charge in [-0.15, -0.1) is 0 Å². The Balaban J connectivity index is 1.92. The van der Waals surface area contributed by atoms with Crippen LogP contribution in [0.1, 0.15) is 53.9 Å². The van der Waals surface area contributed by atoms with Crippen LogP contribution in [0.25, 0.3) is 0 Å². The highest BCUT2D eigenvalue weighted by atomic mass is 16.6. The highest BCUT2D eigenvalue weighted by Crippen LogP contribution is 2.57. The lowest BCUT2D eigenvalue weighted by Crippen LogP contribution is -2.48. The van der Waals surface area contributed by atoms with Crippen molar-refractivity contribution in [2.24, 2.45) is 23.7 Å². The number of hydrogen-bond donors (Lipinski definition) is 1. The summed E-state index contributed by atoms with van der Waals surface area (Å²) in [4.78, 5) is 24.5. The van der Waals surface area contributed by atoms with E-state index < -0.39 is 11.6 Å². The molecule has 3 atom stereocenters. The molecule has 0 spiro atoms. The van der Waals surface area contributed by atoms with Crippen LogP contribution in [0.2, 0.25) is 0 Å². The summed E-state index contributed by atoms with van der Waals surface area (Å²) in [5.41, 5.74) is -0.523. The summed E-state index contributed by atoms with van der Waals surface area (Å²) >= 11 is 0. The number of rotatable bonds is 4. The Kier molecular flexibility index (Phi) is 4.12. The van der Waals surface area contributed by atoms with Crippen molar-refractivity contribution in [1.29, 1.82) is 0 Å². The monoisotopic (exact) mass is 281 g/mol. The van der Waals surface area contributed by atoms with Gasteiger partial charge < -0.3 is 10.1 Å². The summed E-state index contributed by atoms with van der Waals surface area (Å²) < 4.78 is 5.40. The Morgan fingerprint density at radius 1 is 1.15 bits per heavy atom. The molecular formula is C16H27NO3. The second-order valence-corrected chi connectivity index (χ2v) is 7.55. The maximum absolute atomic E-state index is 12.3. The summed E-state index contributed by atoms with van der Waals surface area (Å²) in [5, 5.41) is 2.92. The molecule has 114 valence electrons. The average molecular weight is 281 g/mol. The number of amides is 1. The van der Waals surface area contributed by atoms with E-state index in [9.17, 15) is 9.59 Å². The van der Waals surface area contributed by atoms with Gasteiger partial charge in [-0.05, 0) is 51.4 Å². The molecule has 2 saturated carbocycles. The lowest BCUT2D eigenvalue weighted by Gasteiger charge is -2.26. The van der Waals surface area contributed by atoms with Gasteiger partial charge in [-0.2, -0.15) is 0 Å². The van der Waals surface area contributed by atoms with Gasteiger partial charge >= 0.3 is 5.97 Å².